The van der Waals surface area contributed by atoms with Crippen molar-refractivity contribution in [1.82, 2.24) is 4.90 Å². The number of piperidine rings is 1. The Morgan fingerprint density at radius 2 is 1.94 bits per heavy atom. The molecule has 0 saturated carbocycles. The summed E-state index contributed by atoms with van der Waals surface area (Å²) in [6.07, 6.45) is 4.06. The third-order valence-electron chi connectivity index (χ3n) is 4.73. The zero-order valence-corrected chi connectivity index (χ0v) is 10.9. The maximum absolute atomic E-state index is 10.6. The second-order valence-corrected chi connectivity index (χ2v) is 5.82. The summed E-state index contributed by atoms with van der Waals surface area (Å²) in [5.41, 5.74) is 0.157. The number of rotatable bonds is 2. The molecule has 1 rings (SSSR count). The summed E-state index contributed by atoms with van der Waals surface area (Å²) in [5, 5.41) is 8.68. The summed E-state index contributed by atoms with van der Waals surface area (Å²) in [6, 6.07) is 0. The first kappa shape index (κ1) is 13.1. The Hall–Kier alpha value is -0.990. The minimum Gasteiger partial charge on any atom is -0.478 e. The molecule has 1 saturated heterocycles. The summed E-state index contributed by atoms with van der Waals surface area (Å²) in [6.45, 7) is 12.1. The van der Waals surface area contributed by atoms with Crippen LogP contribution in [0.25, 0.3) is 0 Å². The Morgan fingerprint density at radius 3 is 2.44 bits per heavy atom. The molecule has 3 heteroatoms. The first-order valence-corrected chi connectivity index (χ1v) is 5.87. The van der Waals surface area contributed by atoms with Gasteiger partial charge in [-0.25, -0.2) is 4.79 Å². The van der Waals surface area contributed by atoms with E-state index in [4.69, 9.17) is 5.11 Å². The summed E-state index contributed by atoms with van der Waals surface area (Å²) in [7, 11) is 0. The molecule has 1 atom stereocenters. The topological polar surface area (TPSA) is 40.5 Å². The van der Waals surface area contributed by atoms with Gasteiger partial charge in [0.05, 0.1) is 0 Å². The van der Waals surface area contributed by atoms with E-state index in [2.05, 4.69) is 39.5 Å². The number of likely N-dealkylation sites (tertiary alicyclic amines) is 1. The van der Waals surface area contributed by atoms with Crippen LogP contribution in [0.2, 0.25) is 0 Å². The predicted molar refractivity (Wildman–Crippen MR) is 65.1 cm³/mol. The van der Waals surface area contributed by atoms with Crippen molar-refractivity contribution in [3.05, 3.63) is 12.3 Å². The van der Waals surface area contributed by atoms with E-state index >= 15 is 0 Å². The minimum absolute atomic E-state index is 0.0172. The van der Waals surface area contributed by atoms with Gasteiger partial charge < -0.3 is 10.0 Å². The van der Waals surface area contributed by atoms with Gasteiger partial charge in [-0.05, 0) is 31.6 Å². The fourth-order valence-electron chi connectivity index (χ4n) is 2.36. The highest BCUT2D eigenvalue weighted by atomic mass is 16.4. The molecule has 3 nitrogen and oxygen atoms in total. The van der Waals surface area contributed by atoms with Crippen LogP contribution in [0.4, 0.5) is 0 Å². The summed E-state index contributed by atoms with van der Waals surface area (Å²) < 4.78 is 0. The van der Waals surface area contributed by atoms with Gasteiger partial charge in [0.25, 0.3) is 0 Å². The number of hydrogen-bond acceptors (Lipinski definition) is 2. The van der Waals surface area contributed by atoms with Gasteiger partial charge in [0, 0.05) is 24.4 Å². The van der Waals surface area contributed by atoms with Crippen LogP contribution >= 0.6 is 0 Å². The summed E-state index contributed by atoms with van der Waals surface area (Å²) in [4.78, 5) is 12.7. The monoisotopic (exact) mass is 225 g/mol. The van der Waals surface area contributed by atoms with Gasteiger partial charge in [-0.15, -0.1) is 0 Å². The summed E-state index contributed by atoms with van der Waals surface area (Å²) in [5.74, 6) is -0.232. The van der Waals surface area contributed by atoms with Crippen LogP contribution in [0.3, 0.4) is 0 Å². The predicted octanol–water partition coefficient (Wildman–Crippen LogP) is 2.73. The molecular formula is C13H23NO2. The van der Waals surface area contributed by atoms with Crippen molar-refractivity contribution in [2.75, 3.05) is 6.54 Å². The van der Waals surface area contributed by atoms with E-state index in [-0.39, 0.29) is 11.0 Å². The smallest absolute Gasteiger partial charge is 0.329 e. The van der Waals surface area contributed by atoms with E-state index in [1.807, 2.05) is 0 Å². The molecule has 0 aromatic carbocycles. The quantitative estimate of drug-likeness (QED) is 0.735. The zero-order chi connectivity index (χ0) is 12.6. The Morgan fingerprint density at radius 1 is 1.38 bits per heavy atom. The highest BCUT2D eigenvalue weighted by Gasteiger charge is 2.47. The van der Waals surface area contributed by atoms with Crippen LogP contribution in [0.5, 0.6) is 0 Å². The van der Waals surface area contributed by atoms with Gasteiger partial charge in [-0.3, -0.25) is 0 Å². The molecule has 0 aliphatic carbocycles. The van der Waals surface area contributed by atoms with E-state index in [9.17, 15) is 4.79 Å². The fourth-order valence-corrected chi connectivity index (χ4v) is 2.36. The summed E-state index contributed by atoms with van der Waals surface area (Å²) >= 11 is 0. The van der Waals surface area contributed by atoms with E-state index in [1.54, 1.807) is 6.20 Å². The normalized spacial score (nSPS) is 28.3. The van der Waals surface area contributed by atoms with Gasteiger partial charge in [0.2, 0.25) is 0 Å². The van der Waals surface area contributed by atoms with Crippen LogP contribution in [-0.2, 0) is 4.79 Å². The first-order chi connectivity index (χ1) is 7.19. The Bertz CT molecular complexity index is 305. The molecule has 0 radical (unpaired) electrons. The van der Waals surface area contributed by atoms with E-state index in [0.29, 0.717) is 5.92 Å². The maximum Gasteiger partial charge on any atom is 0.329 e. The highest BCUT2D eigenvalue weighted by molar-refractivity contribution is 5.79. The molecule has 1 N–H and O–H groups in total. The van der Waals surface area contributed by atoms with Gasteiger partial charge >= 0.3 is 5.97 Å². The van der Waals surface area contributed by atoms with E-state index in [1.165, 1.54) is 6.08 Å². The standard InChI is InChI=1S/C13H23NO2/c1-10-6-8-14(9-7-11(15)16)13(4,5)12(10,2)3/h7,9-10H,6,8H2,1-5H3,(H,15,16). The highest BCUT2D eigenvalue weighted by Crippen LogP contribution is 2.46. The Labute approximate surface area is 98.1 Å². The third kappa shape index (κ3) is 2.08. The van der Waals surface area contributed by atoms with Crippen LogP contribution in [0, 0.1) is 11.3 Å². The Balaban J connectivity index is 2.93. The molecule has 0 aromatic rings. The average Bonchev–Trinajstić information content (AvgIpc) is 2.14. The van der Waals surface area contributed by atoms with Crippen molar-refractivity contribution in [3.63, 3.8) is 0 Å². The van der Waals surface area contributed by atoms with Crippen molar-refractivity contribution in [1.29, 1.82) is 0 Å². The van der Waals surface area contributed by atoms with Crippen LogP contribution < -0.4 is 0 Å². The second-order valence-electron chi connectivity index (χ2n) is 5.82. The van der Waals surface area contributed by atoms with Crippen molar-refractivity contribution >= 4 is 5.97 Å². The lowest BCUT2D eigenvalue weighted by atomic mass is 9.62. The van der Waals surface area contributed by atoms with Crippen LogP contribution in [0.1, 0.15) is 41.0 Å². The SMILES string of the molecule is CC1CCN(C=CC(=O)O)C(C)(C)C1(C)C. The van der Waals surface area contributed by atoms with Crippen molar-refractivity contribution in [3.8, 4) is 0 Å². The molecule has 92 valence electrons. The second kappa shape index (κ2) is 4.11. The average molecular weight is 225 g/mol. The molecular weight excluding hydrogens is 202 g/mol. The van der Waals surface area contributed by atoms with Gasteiger partial charge in [0.15, 0.2) is 0 Å². The maximum atomic E-state index is 10.6. The Kier molecular flexibility index (Phi) is 3.36. The zero-order valence-electron chi connectivity index (χ0n) is 10.9. The van der Waals surface area contributed by atoms with E-state index in [0.717, 1.165) is 13.0 Å². The van der Waals surface area contributed by atoms with Gasteiger partial charge in [0.1, 0.15) is 0 Å². The lowest BCUT2D eigenvalue weighted by molar-refractivity contribution is -0.131. The largest absolute Gasteiger partial charge is 0.478 e. The molecule has 1 heterocycles. The number of aliphatic carboxylic acids is 1. The molecule has 0 bridgehead atoms. The first-order valence-electron chi connectivity index (χ1n) is 5.87. The molecule has 0 amide bonds. The molecule has 1 aliphatic rings. The molecule has 1 fully saturated rings. The number of carbonyl (C=O) groups is 1. The van der Waals surface area contributed by atoms with Crippen molar-refractivity contribution in [2.45, 2.75) is 46.6 Å². The molecule has 1 unspecified atom stereocenters. The minimum atomic E-state index is -0.882. The molecule has 0 aromatic heterocycles. The third-order valence-corrected chi connectivity index (χ3v) is 4.73. The number of carboxylic acid groups (broad SMARTS) is 1. The van der Waals surface area contributed by atoms with Crippen molar-refractivity contribution in [2.24, 2.45) is 11.3 Å². The number of hydrogen-bond donors (Lipinski definition) is 1. The molecule has 1 aliphatic heterocycles. The van der Waals surface area contributed by atoms with Crippen LogP contribution in [-0.4, -0.2) is 28.1 Å². The van der Waals surface area contributed by atoms with Crippen LogP contribution in [0.15, 0.2) is 12.3 Å². The van der Waals surface area contributed by atoms with E-state index < -0.39 is 5.97 Å². The van der Waals surface area contributed by atoms with Gasteiger partial charge in [-0.2, -0.15) is 0 Å². The lowest BCUT2D eigenvalue weighted by Crippen LogP contribution is -2.58. The molecule has 16 heavy (non-hydrogen) atoms. The fraction of sp³-hybridized carbons (Fsp3) is 0.769. The lowest BCUT2D eigenvalue weighted by Gasteiger charge is -2.56. The molecule has 0 spiro atoms. The van der Waals surface area contributed by atoms with Crippen molar-refractivity contribution < 1.29 is 9.90 Å². The van der Waals surface area contributed by atoms with Gasteiger partial charge in [-0.1, -0.05) is 20.8 Å². The number of carboxylic acids is 1. The number of nitrogens with zero attached hydrogens (tertiary/aromatic N) is 1.